The summed E-state index contributed by atoms with van der Waals surface area (Å²) in [6.07, 6.45) is 3.14. The average molecular weight is 404 g/mol. The van der Waals surface area contributed by atoms with Crippen LogP contribution < -0.4 is 15.0 Å². The van der Waals surface area contributed by atoms with Crippen molar-refractivity contribution in [2.24, 2.45) is 0 Å². The van der Waals surface area contributed by atoms with Gasteiger partial charge in [0.05, 0.1) is 15.6 Å². The number of benzene rings is 2. The molecule has 2 aromatic heterocycles. The SMILES string of the molecule is CCN1c2ccc(/C=c3\sc4nc5ccccc5n4c3=O)cc2C(C)CC1(C)C. The summed E-state index contributed by atoms with van der Waals surface area (Å²) < 4.78 is 2.46. The molecule has 5 heteroatoms. The van der Waals surface area contributed by atoms with Gasteiger partial charge in [-0.2, -0.15) is 0 Å². The van der Waals surface area contributed by atoms with Crippen molar-refractivity contribution in [3.8, 4) is 0 Å². The maximum atomic E-state index is 13.0. The second-order valence-electron chi connectivity index (χ2n) is 8.61. The molecule has 5 rings (SSSR count). The predicted octanol–water partition coefficient (Wildman–Crippen LogP) is 4.57. The Hall–Kier alpha value is -2.66. The van der Waals surface area contributed by atoms with Crippen molar-refractivity contribution in [2.75, 3.05) is 11.4 Å². The first-order valence-corrected chi connectivity index (χ1v) is 11.0. The number of fused-ring (bicyclic) bond motifs is 4. The molecule has 0 N–H and O–H groups in total. The van der Waals surface area contributed by atoms with E-state index < -0.39 is 0 Å². The Morgan fingerprint density at radius 3 is 2.83 bits per heavy atom. The van der Waals surface area contributed by atoms with E-state index >= 15 is 0 Å². The maximum absolute atomic E-state index is 13.0. The third kappa shape index (κ3) is 2.79. The van der Waals surface area contributed by atoms with Crippen LogP contribution in [0.2, 0.25) is 0 Å². The zero-order valence-electron chi connectivity index (χ0n) is 17.3. The second-order valence-corrected chi connectivity index (χ2v) is 9.62. The molecule has 1 aliphatic rings. The Labute approximate surface area is 174 Å². The summed E-state index contributed by atoms with van der Waals surface area (Å²) in [4.78, 5) is 20.9. The molecule has 0 radical (unpaired) electrons. The third-order valence-electron chi connectivity index (χ3n) is 6.17. The largest absolute Gasteiger partial charge is 0.366 e. The fourth-order valence-electron chi connectivity index (χ4n) is 4.96. The molecule has 4 aromatic rings. The van der Waals surface area contributed by atoms with Crippen molar-refractivity contribution in [1.29, 1.82) is 0 Å². The van der Waals surface area contributed by atoms with Gasteiger partial charge in [-0.3, -0.25) is 4.79 Å². The molecule has 2 aromatic carbocycles. The quantitative estimate of drug-likeness (QED) is 0.492. The van der Waals surface area contributed by atoms with Gasteiger partial charge in [-0.25, -0.2) is 9.38 Å². The molecular formula is C24H25N3OS. The zero-order chi connectivity index (χ0) is 20.3. The van der Waals surface area contributed by atoms with Crippen molar-refractivity contribution >= 4 is 39.1 Å². The Balaban J connectivity index is 1.65. The van der Waals surface area contributed by atoms with Gasteiger partial charge in [-0.15, -0.1) is 0 Å². The number of para-hydroxylation sites is 2. The van der Waals surface area contributed by atoms with Crippen molar-refractivity contribution < 1.29 is 0 Å². The molecule has 29 heavy (non-hydrogen) atoms. The Morgan fingerprint density at radius 1 is 1.24 bits per heavy atom. The van der Waals surface area contributed by atoms with Gasteiger partial charge in [0.25, 0.3) is 5.56 Å². The van der Waals surface area contributed by atoms with Gasteiger partial charge in [0, 0.05) is 17.8 Å². The lowest BCUT2D eigenvalue weighted by atomic mass is 9.79. The smallest absolute Gasteiger partial charge is 0.274 e. The molecule has 1 unspecified atom stereocenters. The van der Waals surface area contributed by atoms with Crippen molar-refractivity contribution in [3.05, 3.63) is 68.5 Å². The second kappa shape index (κ2) is 6.42. The first-order chi connectivity index (χ1) is 13.9. The van der Waals surface area contributed by atoms with Crippen LogP contribution in [0.3, 0.4) is 0 Å². The summed E-state index contributed by atoms with van der Waals surface area (Å²) >= 11 is 1.46. The van der Waals surface area contributed by atoms with Gasteiger partial charge < -0.3 is 4.90 Å². The highest BCUT2D eigenvalue weighted by molar-refractivity contribution is 7.15. The minimum Gasteiger partial charge on any atom is -0.366 e. The molecule has 0 fully saturated rings. The van der Waals surface area contributed by atoms with Crippen LogP contribution in [0.4, 0.5) is 5.69 Å². The van der Waals surface area contributed by atoms with E-state index in [1.165, 1.54) is 22.6 Å². The number of hydrogen-bond acceptors (Lipinski definition) is 4. The summed E-state index contributed by atoms with van der Waals surface area (Å²) in [7, 11) is 0. The van der Waals surface area contributed by atoms with Crippen molar-refractivity contribution in [2.45, 2.75) is 45.6 Å². The van der Waals surface area contributed by atoms with Gasteiger partial charge in [-0.1, -0.05) is 36.5 Å². The van der Waals surface area contributed by atoms with Gasteiger partial charge in [0.15, 0.2) is 4.96 Å². The van der Waals surface area contributed by atoms with E-state index in [2.05, 4.69) is 55.8 Å². The van der Waals surface area contributed by atoms with Crippen LogP contribution in [0.15, 0.2) is 47.3 Å². The number of imidazole rings is 1. The molecule has 4 nitrogen and oxygen atoms in total. The van der Waals surface area contributed by atoms with E-state index in [1.54, 1.807) is 4.40 Å². The predicted molar refractivity (Wildman–Crippen MR) is 122 cm³/mol. The van der Waals surface area contributed by atoms with E-state index in [-0.39, 0.29) is 11.1 Å². The van der Waals surface area contributed by atoms with E-state index in [1.807, 2.05) is 30.3 Å². The van der Waals surface area contributed by atoms with Gasteiger partial charge in [0.2, 0.25) is 0 Å². The monoisotopic (exact) mass is 403 g/mol. The van der Waals surface area contributed by atoms with Gasteiger partial charge >= 0.3 is 0 Å². The van der Waals surface area contributed by atoms with Crippen LogP contribution in [0.1, 0.15) is 51.2 Å². The molecule has 0 spiro atoms. The molecule has 0 bridgehead atoms. The Bertz CT molecular complexity index is 1350. The molecule has 0 aliphatic carbocycles. The third-order valence-corrected chi connectivity index (χ3v) is 7.14. The van der Waals surface area contributed by atoms with E-state index in [9.17, 15) is 4.79 Å². The zero-order valence-corrected chi connectivity index (χ0v) is 18.1. The van der Waals surface area contributed by atoms with E-state index in [0.717, 1.165) is 39.1 Å². The van der Waals surface area contributed by atoms with Crippen LogP contribution in [0.5, 0.6) is 0 Å². The first kappa shape index (κ1) is 18.4. The normalized spacial score (nSPS) is 19.2. The van der Waals surface area contributed by atoms with E-state index in [0.29, 0.717) is 5.92 Å². The van der Waals surface area contributed by atoms with Gasteiger partial charge in [0.1, 0.15) is 0 Å². The number of hydrogen-bond donors (Lipinski definition) is 0. The van der Waals surface area contributed by atoms with Crippen LogP contribution in [-0.2, 0) is 0 Å². The number of thiazole rings is 1. The lowest BCUT2D eigenvalue weighted by molar-refractivity contribution is 0.381. The Morgan fingerprint density at radius 2 is 2.03 bits per heavy atom. The van der Waals surface area contributed by atoms with Crippen LogP contribution in [0, 0.1) is 0 Å². The summed E-state index contributed by atoms with van der Waals surface area (Å²) in [6.45, 7) is 10.2. The van der Waals surface area contributed by atoms with Gasteiger partial charge in [-0.05, 0) is 74.6 Å². The minimum atomic E-state index is 0.0146. The molecule has 0 saturated carbocycles. The minimum absolute atomic E-state index is 0.0146. The number of rotatable bonds is 2. The number of aromatic nitrogens is 2. The molecule has 1 aliphatic heterocycles. The molecule has 3 heterocycles. The highest BCUT2D eigenvalue weighted by Gasteiger charge is 2.35. The Kier molecular flexibility index (Phi) is 4.07. The van der Waals surface area contributed by atoms with Crippen LogP contribution >= 0.6 is 11.3 Å². The number of anilines is 1. The molecule has 0 amide bonds. The lowest BCUT2D eigenvalue weighted by Crippen LogP contribution is -2.48. The molecule has 148 valence electrons. The highest BCUT2D eigenvalue weighted by atomic mass is 32.1. The fourth-order valence-corrected chi connectivity index (χ4v) is 5.95. The fraction of sp³-hybridized carbons (Fsp3) is 0.333. The van der Waals surface area contributed by atoms with Crippen LogP contribution in [-0.4, -0.2) is 21.5 Å². The lowest BCUT2D eigenvalue weighted by Gasteiger charge is -2.47. The van der Waals surface area contributed by atoms with Crippen molar-refractivity contribution in [3.63, 3.8) is 0 Å². The highest BCUT2D eigenvalue weighted by Crippen LogP contribution is 2.43. The number of nitrogens with zero attached hydrogens (tertiary/aromatic N) is 3. The molecule has 1 atom stereocenters. The summed E-state index contributed by atoms with van der Waals surface area (Å²) in [5, 5.41) is 0. The summed E-state index contributed by atoms with van der Waals surface area (Å²) in [6, 6.07) is 14.4. The molecular weight excluding hydrogens is 378 g/mol. The molecule has 0 saturated heterocycles. The summed E-state index contributed by atoms with van der Waals surface area (Å²) in [5.74, 6) is 0.493. The maximum Gasteiger partial charge on any atom is 0.274 e. The van der Waals surface area contributed by atoms with Crippen LogP contribution in [0.25, 0.3) is 22.1 Å². The van der Waals surface area contributed by atoms with E-state index in [4.69, 9.17) is 0 Å². The first-order valence-electron chi connectivity index (χ1n) is 10.2. The standard InChI is InChI=1S/C24H25N3OS/c1-5-26-19-11-10-16(12-17(19)15(2)14-24(26,3)4)13-21-22(28)27-20-9-7-6-8-18(20)25-23(27)29-21/h6-13,15H,5,14H2,1-4H3/b21-13-. The average Bonchev–Trinajstić information content (AvgIpc) is 3.18. The topological polar surface area (TPSA) is 37.6 Å². The van der Waals surface area contributed by atoms with Crippen molar-refractivity contribution in [1.82, 2.24) is 9.38 Å². The summed E-state index contributed by atoms with van der Waals surface area (Å²) in [5.41, 5.74) is 5.70.